The highest BCUT2D eigenvalue weighted by Crippen LogP contribution is 1.97. The van der Waals surface area contributed by atoms with Crippen LogP contribution >= 0.6 is 15.9 Å². The Morgan fingerprint density at radius 2 is 2.50 bits per heavy atom. The van der Waals surface area contributed by atoms with Crippen molar-refractivity contribution in [2.75, 3.05) is 7.05 Å². The predicted molar refractivity (Wildman–Crippen MR) is 38.6 cm³/mol. The Labute approximate surface area is 66.0 Å². The summed E-state index contributed by atoms with van der Waals surface area (Å²) in [5.74, 6) is 0. The number of nitrogens with zero attached hydrogens (tertiary/aromatic N) is 3. The first-order valence-electron chi connectivity index (χ1n) is 2.60. The zero-order valence-electron chi connectivity index (χ0n) is 5.32. The smallest absolute Gasteiger partial charge is 0.164 e. The van der Waals surface area contributed by atoms with E-state index in [4.69, 9.17) is 5.21 Å². The molecule has 0 fully saturated rings. The molecule has 0 aliphatic rings. The molecule has 0 atom stereocenters. The van der Waals surface area contributed by atoms with Crippen molar-refractivity contribution in [1.29, 1.82) is 0 Å². The molecule has 54 valence electrons. The molecule has 1 rings (SSSR count). The fourth-order valence-corrected chi connectivity index (χ4v) is 1.04. The summed E-state index contributed by atoms with van der Waals surface area (Å²) in [5, 5.41) is 8.82. The van der Waals surface area contributed by atoms with E-state index in [9.17, 15) is 0 Å². The number of halogens is 1. The minimum atomic E-state index is 0.574. The molecule has 0 radical (unpaired) electrons. The van der Waals surface area contributed by atoms with Gasteiger partial charge in [-0.3, -0.25) is 4.99 Å². The van der Waals surface area contributed by atoms with Crippen molar-refractivity contribution in [3.63, 3.8) is 0 Å². The molecule has 0 amide bonds. The van der Waals surface area contributed by atoms with Crippen molar-refractivity contribution in [3.05, 3.63) is 22.5 Å². The Bertz CT molecular complexity index is 293. The van der Waals surface area contributed by atoms with Crippen molar-refractivity contribution in [2.24, 2.45) is 4.99 Å². The highest BCUT2D eigenvalue weighted by molar-refractivity contribution is 9.10. The van der Waals surface area contributed by atoms with E-state index in [1.165, 1.54) is 12.5 Å². The van der Waals surface area contributed by atoms with Gasteiger partial charge in [-0.25, -0.2) is 4.98 Å². The fraction of sp³-hybridized carbons (Fsp3) is 0.200. The van der Waals surface area contributed by atoms with Crippen molar-refractivity contribution in [2.45, 2.75) is 0 Å². The molecule has 0 bridgehead atoms. The Kier molecular flexibility index (Phi) is 2.06. The quantitative estimate of drug-likeness (QED) is 0.622. The van der Waals surface area contributed by atoms with Crippen LogP contribution in [0.4, 0.5) is 0 Å². The largest absolute Gasteiger partial charge is 0.427 e. The molecule has 0 saturated heterocycles. The minimum absolute atomic E-state index is 0.574. The van der Waals surface area contributed by atoms with Gasteiger partial charge in [-0.2, -0.15) is 4.73 Å². The minimum Gasteiger partial charge on any atom is -0.427 e. The lowest BCUT2D eigenvalue weighted by atomic mass is 10.6. The van der Waals surface area contributed by atoms with Gasteiger partial charge in [-0.1, -0.05) is 0 Å². The molecule has 0 aromatic carbocycles. The van der Waals surface area contributed by atoms with Gasteiger partial charge in [0.05, 0.1) is 10.7 Å². The Hall–Kier alpha value is -0.840. The highest BCUT2D eigenvalue weighted by atomic mass is 79.9. The maximum Gasteiger partial charge on any atom is 0.164 e. The average Bonchev–Trinajstić information content (AvgIpc) is 1.88. The number of aromatic nitrogens is 2. The van der Waals surface area contributed by atoms with Crippen molar-refractivity contribution >= 4 is 15.9 Å². The second kappa shape index (κ2) is 2.83. The summed E-state index contributed by atoms with van der Waals surface area (Å²) in [7, 11) is 1.63. The number of rotatable bonds is 0. The Morgan fingerprint density at radius 3 is 3.00 bits per heavy atom. The van der Waals surface area contributed by atoms with Gasteiger partial charge in [0.25, 0.3) is 0 Å². The van der Waals surface area contributed by atoms with Crippen LogP contribution in [0.1, 0.15) is 0 Å². The molecule has 0 spiro atoms. The zero-order chi connectivity index (χ0) is 7.56. The number of hydrogen-bond acceptors (Lipinski definition) is 3. The molecule has 1 aromatic heterocycles. The predicted octanol–water partition coefficient (Wildman–Crippen LogP) is 0.413. The molecular weight excluding hydrogens is 198 g/mol. The van der Waals surface area contributed by atoms with Crippen LogP contribution < -0.4 is 5.49 Å². The van der Waals surface area contributed by atoms with Gasteiger partial charge in [0, 0.05) is 7.05 Å². The van der Waals surface area contributed by atoms with Crippen LogP contribution in [0.3, 0.4) is 0 Å². The third-order valence-corrected chi connectivity index (χ3v) is 1.53. The zero-order valence-corrected chi connectivity index (χ0v) is 6.91. The topological polar surface area (TPSA) is 50.4 Å². The van der Waals surface area contributed by atoms with E-state index in [2.05, 4.69) is 25.9 Å². The van der Waals surface area contributed by atoms with E-state index >= 15 is 0 Å². The van der Waals surface area contributed by atoms with E-state index in [-0.39, 0.29) is 0 Å². The van der Waals surface area contributed by atoms with Gasteiger partial charge in [0.1, 0.15) is 6.33 Å². The van der Waals surface area contributed by atoms with Crippen LogP contribution in [0.2, 0.25) is 0 Å². The first-order chi connectivity index (χ1) is 4.74. The molecule has 5 heteroatoms. The standard InChI is InChI=1S/C5H6BrN3O/c1-7-5-4(6)2-9(10)3-8-5/h2-3,10H,1H3. The lowest BCUT2D eigenvalue weighted by molar-refractivity contribution is 0.179. The Morgan fingerprint density at radius 1 is 1.80 bits per heavy atom. The lowest BCUT2D eigenvalue weighted by Crippen LogP contribution is -2.11. The van der Waals surface area contributed by atoms with E-state index in [0.717, 1.165) is 4.73 Å². The normalized spacial score (nSPS) is 12.0. The maximum atomic E-state index is 8.82. The van der Waals surface area contributed by atoms with Crippen LogP contribution in [0, 0.1) is 0 Å². The van der Waals surface area contributed by atoms with E-state index in [1.807, 2.05) is 0 Å². The maximum absolute atomic E-state index is 8.82. The summed E-state index contributed by atoms with van der Waals surface area (Å²) in [6.45, 7) is 0. The van der Waals surface area contributed by atoms with Crippen molar-refractivity contribution < 1.29 is 5.21 Å². The van der Waals surface area contributed by atoms with Gasteiger partial charge >= 0.3 is 0 Å². The summed E-state index contributed by atoms with van der Waals surface area (Å²) in [5.41, 5.74) is 0.574. The number of hydrogen-bond donors (Lipinski definition) is 1. The second-order valence-corrected chi connectivity index (χ2v) is 2.50. The van der Waals surface area contributed by atoms with Gasteiger partial charge in [-0.05, 0) is 15.9 Å². The molecule has 4 nitrogen and oxygen atoms in total. The molecule has 0 unspecified atom stereocenters. The summed E-state index contributed by atoms with van der Waals surface area (Å²) in [4.78, 5) is 7.62. The third-order valence-electron chi connectivity index (χ3n) is 0.969. The monoisotopic (exact) mass is 203 g/mol. The average molecular weight is 204 g/mol. The first kappa shape index (κ1) is 7.27. The molecule has 10 heavy (non-hydrogen) atoms. The van der Waals surface area contributed by atoms with Gasteiger partial charge in [0.2, 0.25) is 0 Å². The van der Waals surface area contributed by atoms with E-state index in [0.29, 0.717) is 9.96 Å². The van der Waals surface area contributed by atoms with Gasteiger partial charge < -0.3 is 5.21 Å². The molecule has 0 aliphatic heterocycles. The van der Waals surface area contributed by atoms with Gasteiger partial charge in [0.15, 0.2) is 5.49 Å². The van der Waals surface area contributed by atoms with Crippen LogP contribution in [0.5, 0.6) is 0 Å². The summed E-state index contributed by atoms with van der Waals surface area (Å²) in [6.07, 6.45) is 2.74. The van der Waals surface area contributed by atoms with E-state index < -0.39 is 0 Å². The molecule has 0 saturated carbocycles. The van der Waals surface area contributed by atoms with Crippen molar-refractivity contribution in [3.8, 4) is 0 Å². The highest BCUT2D eigenvalue weighted by Gasteiger charge is 1.91. The molecule has 1 aromatic rings. The first-order valence-corrected chi connectivity index (χ1v) is 3.39. The molecular formula is C5H6BrN3O. The van der Waals surface area contributed by atoms with Crippen LogP contribution in [0.25, 0.3) is 0 Å². The van der Waals surface area contributed by atoms with E-state index in [1.54, 1.807) is 7.05 Å². The second-order valence-electron chi connectivity index (χ2n) is 1.65. The summed E-state index contributed by atoms with van der Waals surface area (Å²) >= 11 is 3.17. The van der Waals surface area contributed by atoms with Crippen LogP contribution in [0.15, 0.2) is 22.0 Å². The van der Waals surface area contributed by atoms with Crippen molar-refractivity contribution in [1.82, 2.24) is 9.71 Å². The Balaban J connectivity index is 3.34. The van der Waals surface area contributed by atoms with Crippen LogP contribution in [-0.2, 0) is 0 Å². The molecule has 1 heterocycles. The molecule has 1 N–H and O–H groups in total. The van der Waals surface area contributed by atoms with Crippen LogP contribution in [-0.4, -0.2) is 22.0 Å². The van der Waals surface area contributed by atoms with Gasteiger partial charge in [-0.15, -0.1) is 0 Å². The lowest BCUT2D eigenvalue weighted by Gasteiger charge is -1.94. The summed E-state index contributed by atoms with van der Waals surface area (Å²) in [6, 6.07) is 0. The SMILES string of the molecule is CN=c1ncn(O)cc1Br. The third kappa shape index (κ3) is 1.36. The fourth-order valence-electron chi connectivity index (χ4n) is 0.547. The summed E-state index contributed by atoms with van der Waals surface area (Å²) < 4.78 is 1.53. The molecule has 0 aliphatic carbocycles.